The van der Waals surface area contributed by atoms with Crippen molar-refractivity contribution in [2.45, 2.75) is 64.2 Å². The van der Waals surface area contributed by atoms with Gasteiger partial charge in [-0.2, -0.15) is 0 Å². The summed E-state index contributed by atoms with van der Waals surface area (Å²) in [6.07, 6.45) is 12.6. The summed E-state index contributed by atoms with van der Waals surface area (Å²) in [6, 6.07) is 0. The number of hydrogen-bond acceptors (Lipinski definition) is 3. The molecule has 3 N–H and O–H groups in total. The van der Waals surface area contributed by atoms with Crippen molar-refractivity contribution < 1.29 is 9.90 Å². The van der Waals surface area contributed by atoms with Gasteiger partial charge in [0.25, 0.3) is 0 Å². The number of carbonyl (C=O) groups is 1. The maximum absolute atomic E-state index is 11.4. The highest BCUT2D eigenvalue weighted by atomic mass is 16.2. The van der Waals surface area contributed by atoms with Gasteiger partial charge in [0, 0.05) is 26.1 Å². The Morgan fingerprint density at radius 2 is 1.57 bits per heavy atom. The second kappa shape index (κ2) is 17.2. The molecule has 124 valence electrons. The number of unbranched alkanes of at least 4 members (excludes halogenated alkanes) is 7. The van der Waals surface area contributed by atoms with Crippen LogP contribution in [0, 0.1) is 0 Å². The number of hydrogen-bond donors (Lipinski definition) is 3. The number of rotatable bonds is 16. The molecule has 0 aromatic heterocycles. The van der Waals surface area contributed by atoms with Gasteiger partial charge in [-0.25, -0.2) is 0 Å². The number of aliphatic hydroxyl groups excluding tert-OH is 1. The Hall–Kier alpha value is -0.870. The van der Waals surface area contributed by atoms with Crippen LogP contribution < -0.4 is 10.6 Å². The molecule has 4 heteroatoms. The topological polar surface area (TPSA) is 61.4 Å². The molecule has 1 amide bonds. The fraction of sp³-hybridized carbons (Fsp3) is 0.824. The fourth-order valence-electron chi connectivity index (χ4n) is 2.16. The second-order valence-corrected chi connectivity index (χ2v) is 5.48. The molecular weight excluding hydrogens is 264 g/mol. The zero-order valence-electron chi connectivity index (χ0n) is 13.5. The highest BCUT2D eigenvalue weighted by Gasteiger charge is 1.98. The summed E-state index contributed by atoms with van der Waals surface area (Å²) >= 11 is 0. The van der Waals surface area contributed by atoms with Gasteiger partial charge < -0.3 is 15.7 Å². The summed E-state index contributed by atoms with van der Waals surface area (Å²) < 4.78 is 0. The lowest BCUT2D eigenvalue weighted by atomic mass is 10.1. The summed E-state index contributed by atoms with van der Waals surface area (Å²) in [5, 5.41) is 14.9. The standard InChI is InChI=1S/C17H34N2O2/c1-2-3-9-12-17(21)19-15-14-18-13-10-7-5-4-6-8-11-16-20/h2,18,20H,1,3-16H2,(H,19,21). The molecular formula is C17H34N2O2. The van der Waals surface area contributed by atoms with E-state index in [1.807, 2.05) is 6.08 Å². The quantitative estimate of drug-likeness (QED) is 0.303. The zero-order valence-corrected chi connectivity index (χ0v) is 13.5. The van der Waals surface area contributed by atoms with Gasteiger partial charge in [0.1, 0.15) is 0 Å². The minimum absolute atomic E-state index is 0.140. The fourth-order valence-corrected chi connectivity index (χ4v) is 2.16. The average Bonchev–Trinajstić information content (AvgIpc) is 2.48. The second-order valence-electron chi connectivity index (χ2n) is 5.48. The Morgan fingerprint density at radius 1 is 0.905 bits per heavy atom. The van der Waals surface area contributed by atoms with Gasteiger partial charge in [-0.05, 0) is 32.2 Å². The molecule has 0 aliphatic rings. The monoisotopic (exact) mass is 298 g/mol. The molecule has 0 aliphatic carbocycles. The van der Waals surface area contributed by atoms with Gasteiger partial charge in [-0.15, -0.1) is 6.58 Å². The van der Waals surface area contributed by atoms with Crippen LogP contribution in [0.2, 0.25) is 0 Å². The van der Waals surface area contributed by atoms with Gasteiger partial charge in [-0.3, -0.25) is 4.79 Å². The van der Waals surface area contributed by atoms with Gasteiger partial charge in [-0.1, -0.05) is 38.2 Å². The van der Waals surface area contributed by atoms with E-state index in [-0.39, 0.29) is 5.91 Å². The number of amides is 1. The summed E-state index contributed by atoms with van der Waals surface area (Å²) in [6.45, 7) is 6.57. The number of carbonyl (C=O) groups excluding carboxylic acids is 1. The Morgan fingerprint density at radius 3 is 2.24 bits per heavy atom. The van der Waals surface area contributed by atoms with E-state index in [0.717, 1.165) is 38.8 Å². The van der Waals surface area contributed by atoms with Crippen molar-refractivity contribution in [2.24, 2.45) is 0 Å². The minimum Gasteiger partial charge on any atom is -0.396 e. The van der Waals surface area contributed by atoms with E-state index >= 15 is 0 Å². The number of allylic oxidation sites excluding steroid dienone is 1. The average molecular weight is 298 g/mol. The predicted octanol–water partition coefficient (Wildman–Crippen LogP) is 2.77. The van der Waals surface area contributed by atoms with Crippen LogP contribution in [0.1, 0.15) is 64.2 Å². The van der Waals surface area contributed by atoms with Gasteiger partial charge in [0.05, 0.1) is 0 Å². The summed E-state index contributed by atoms with van der Waals surface area (Å²) in [7, 11) is 0. The summed E-state index contributed by atoms with van der Waals surface area (Å²) in [5.41, 5.74) is 0. The molecule has 0 aliphatic heterocycles. The van der Waals surface area contributed by atoms with Crippen molar-refractivity contribution in [1.29, 1.82) is 0 Å². The first-order valence-electron chi connectivity index (χ1n) is 8.50. The van der Waals surface area contributed by atoms with E-state index in [0.29, 0.717) is 19.6 Å². The van der Waals surface area contributed by atoms with Crippen LogP contribution in [0.4, 0.5) is 0 Å². The van der Waals surface area contributed by atoms with Gasteiger partial charge in [0.15, 0.2) is 0 Å². The lowest BCUT2D eigenvalue weighted by Crippen LogP contribution is -2.32. The Kier molecular flexibility index (Phi) is 16.5. The molecule has 21 heavy (non-hydrogen) atoms. The molecule has 0 fully saturated rings. The normalized spacial score (nSPS) is 10.5. The van der Waals surface area contributed by atoms with Crippen molar-refractivity contribution in [3.8, 4) is 0 Å². The van der Waals surface area contributed by atoms with Crippen LogP contribution in [0.3, 0.4) is 0 Å². The van der Waals surface area contributed by atoms with Crippen LogP contribution >= 0.6 is 0 Å². The van der Waals surface area contributed by atoms with Crippen LogP contribution in [-0.2, 0) is 4.79 Å². The molecule has 0 saturated carbocycles. The van der Waals surface area contributed by atoms with Crippen LogP contribution in [0.25, 0.3) is 0 Å². The van der Waals surface area contributed by atoms with Crippen molar-refractivity contribution in [3.05, 3.63) is 12.7 Å². The predicted molar refractivity (Wildman–Crippen MR) is 89.3 cm³/mol. The van der Waals surface area contributed by atoms with Crippen LogP contribution in [0.15, 0.2) is 12.7 Å². The van der Waals surface area contributed by atoms with E-state index in [1.54, 1.807) is 0 Å². The zero-order chi connectivity index (χ0) is 15.6. The SMILES string of the molecule is C=CCCCC(=O)NCCNCCCCCCCCCO. The van der Waals surface area contributed by atoms with Crippen LogP contribution in [-0.4, -0.2) is 37.3 Å². The Labute approximate surface area is 130 Å². The molecule has 0 rings (SSSR count). The van der Waals surface area contributed by atoms with E-state index in [2.05, 4.69) is 17.2 Å². The molecule has 0 unspecified atom stereocenters. The highest BCUT2D eigenvalue weighted by Crippen LogP contribution is 2.06. The Bertz CT molecular complexity index is 245. The van der Waals surface area contributed by atoms with E-state index in [9.17, 15) is 4.79 Å². The largest absolute Gasteiger partial charge is 0.396 e. The molecule has 0 saturated heterocycles. The van der Waals surface area contributed by atoms with Crippen molar-refractivity contribution >= 4 is 5.91 Å². The van der Waals surface area contributed by atoms with E-state index in [4.69, 9.17) is 5.11 Å². The first-order chi connectivity index (χ1) is 10.3. The third-order valence-electron chi connectivity index (χ3n) is 3.45. The third kappa shape index (κ3) is 17.1. The van der Waals surface area contributed by atoms with Crippen LogP contribution in [0.5, 0.6) is 0 Å². The maximum atomic E-state index is 11.4. The maximum Gasteiger partial charge on any atom is 0.220 e. The molecule has 4 nitrogen and oxygen atoms in total. The number of aliphatic hydroxyl groups is 1. The van der Waals surface area contributed by atoms with Crippen molar-refractivity contribution in [3.63, 3.8) is 0 Å². The van der Waals surface area contributed by atoms with Crippen molar-refractivity contribution in [1.82, 2.24) is 10.6 Å². The Balaban J connectivity index is 3.08. The smallest absolute Gasteiger partial charge is 0.220 e. The first-order valence-corrected chi connectivity index (χ1v) is 8.50. The minimum atomic E-state index is 0.140. The van der Waals surface area contributed by atoms with E-state index in [1.165, 1.54) is 32.1 Å². The molecule has 0 bridgehead atoms. The third-order valence-corrected chi connectivity index (χ3v) is 3.45. The highest BCUT2D eigenvalue weighted by molar-refractivity contribution is 5.75. The van der Waals surface area contributed by atoms with Gasteiger partial charge >= 0.3 is 0 Å². The molecule has 0 aromatic rings. The van der Waals surface area contributed by atoms with Crippen molar-refractivity contribution in [2.75, 3.05) is 26.2 Å². The molecule has 0 aromatic carbocycles. The molecule has 0 radical (unpaired) electrons. The lowest BCUT2D eigenvalue weighted by Gasteiger charge is -2.06. The molecule has 0 spiro atoms. The van der Waals surface area contributed by atoms with Gasteiger partial charge in [0.2, 0.25) is 5.91 Å². The first kappa shape index (κ1) is 20.1. The van der Waals surface area contributed by atoms with E-state index < -0.39 is 0 Å². The summed E-state index contributed by atoms with van der Waals surface area (Å²) in [4.78, 5) is 11.4. The lowest BCUT2D eigenvalue weighted by molar-refractivity contribution is -0.121. The molecule has 0 atom stereocenters. The number of nitrogens with one attached hydrogen (secondary N) is 2. The summed E-state index contributed by atoms with van der Waals surface area (Å²) in [5.74, 6) is 0.140. The molecule has 0 heterocycles.